The summed E-state index contributed by atoms with van der Waals surface area (Å²) in [5.74, 6) is -2.14. The number of hydrogen-bond acceptors (Lipinski definition) is 9. The molecule has 0 aromatic rings. The number of aliphatic hydroxyl groups is 1. The van der Waals surface area contributed by atoms with Crippen molar-refractivity contribution in [3.63, 3.8) is 0 Å². The Labute approximate surface area is 247 Å². The first-order chi connectivity index (χ1) is 19.8. The average molecular weight is 586 g/mol. The van der Waals surface area contributed by atoms with E-state index in [-0.39, 0.29) is 41.4 Å². The number of nitrogens with two attached hydrogens (primary N) is 1. The van der Waals surface area contributed by atoms with Gasteiger partial charge in [0.25, 0.3) is 5.91 Å². The van der Waals surface area contributed by atoms with Gasteiger partial charge in [-0.25, -0.2) is 4.79 Å². The summed E-state index contributed by atoms with van der Waals surface area (Å²) in [6.07, 6.45) is 5.34. The molecule has 2 rings (SSSR count). The lowest BCUT2D eigenvalue weighted by Crippen LogP contribution is -2.37. The molecule has 0 spiro atoms. The molecule has 11 nitrogen and oxygen atoms in total. The van der Waals surface area contributed by atoms with Crippen LogP contribution in [-0.2, 0) is 28.6 Å². The number of carbonyl (C=O) groups is 4. The van der Waals surface area contributed by atoms with E-state index in [1.807, 2.05) is 6.92 Å². The fourth-order valence-electron chi connectivity index (χ4n) is 4.95. The number of amides is 2. The molecule has 42 heavy (non-hydrogen) atoms. The number of primary amides is 1. The molecule has 1 aliphatic carbocycles. The Hall–Kier alpha value is -3.80. The third kappa shape index (κ3) is 9.10. The Morgan fingerprint density at radius 3 is 2.50 bits per heavy atom. The smallest absolute Gasteiger partial charge is 0.405 e. The molecule has 2 aliphatic rings. The van der Waals surface area contributed by atoms with E-state index in [4.69, 9.17) is 19.9 Å². The summed E-state index contributed by atoms with van der Waals surface area (Å²) in [6, 6.07) is 0. The highest BCUT2D eigenvalue weighted by molar-refractivity contribution is 6.23. The summed E-state index contributed by atoms with van der Waals surface area (Å²) in [5.41, 5.74) is 6.42. The zero-order valence-corrected chi connectivity index (χ0v) is 25.1. The molecule has 0 fully saturated rings. The lowest BCUT2D eigenvalue weighted by molar-refractivity contribution is -0.120. The van der Waals surface area contributed by atoms with Crippen molar-refractivity contribution in [2.24, 2.45) is 17.6 Å². The van der Waals surface area contributed by atoms with Crippen molar-refractivity contribution >= 4 is 23.6 Å². The third-order valence-corrected chi connectivity index (χ3v) is 7.22. The largest absolute Gasteiger partial charge is 0.439 e. The number of methoxy groups -OCH3 is 2. The number of nitrogens with one attached hydrogen (secondary N) is 2. The van der Waals surface area contributed by atoms with Gasteiger partial charge in [-0.15, -0.1) is 6.58 Å². The molecule has 0 unspecified atom stereocenters. The maximum Gasteiger partial charge on any atom is 0.405 e. The molecule has 5 N–H and O–H groups in total. The number of aliphatic hydroxyl groups excluding tert-OH is 1. The molecule has 2 bridgehead atoms. The van der Waals surface area contributed by atoms with Crippen LogP contribution in [0.5, 0.6) is 0 Å². The van der Waals surface area contributed by atoms with Crippen LogP contribution in [-0.4, -0.2) is 73.9 Å². The number of ether oxygens (including phenoxy) is 3. The minimum atomic E-state index is -1.00. The molecular weight excluding hydrogens is 542 g/mol. The van der Waals surface area contributed by atoms with Gasteiger partial charge in [0, 0.05) is 43.9 Å². The molecule has 1 heterocycles. The monoisotopic (exact) mass is 585 g/mol. The second-order valence-corrected chi connectivity index (χ2v) is 10.6. The Kier molecular flexibility index (Phi) is 13.1. The van der Waals surface area contributed by atoms with Crippen molar-refractivity contribution in [3.8, 4) is 0 Å². The Bertz CT molecular complexity index is 1210. The standard InChI is InChI=1S/C31H43N3O8/c1-8-12-33-26-21-13-17(2)14-25(41-7)27(36)19(4)15-20(5)29(42-31(32)39)24(40-6)11-9-10-18(3)30(38)34-22(28(21)37)16-23(26)35/h8-11,15-17,19,24-25,27,29,33,36H,1,12-14H2,2-7H3,(H2,32,39)(H,34,38)/b11-9?,18-10?,20-15+/t17-,19+,24+,25+,27-,29+/m1/s1. The molecule has 0 aromatic carbocycles. The molecule has 0 saturated carbocycles. The summed E-state index contributed by atoms with van der Waals surface area (Å²) in [5, 5.41) is 16.7. The maximum absolute atomic E-state index is 13.5. The molecule has 1 aliphatic heterocycles. The Morgan fingerprint density at radius 2 is 1.90 bits per heavy atom. The molecule has 6 atom stereocenters. The van der Waals surface area contributed by atoms with E-state index in [1.54, 1.807) is 45.1 Å². The molecule has 0 radical (unpaired) electrons. The topological polar surface area (TPSA) is 166 Å². The van der Waals surface area contributed by atoms with E-state index in [9.17, 15) is 24.3 Å². The van der Waals surface area contributed by atoms with Gasteiger partial charge in [0.2, 0.25) is 11.6 Å². The zero-order chi connectivity index (χ0) is 31.6. The third-order valence-electron chi connectivity index (χ3n) is 7.22. The van der Waals surface area contributed by atoms with E-state index < -0.39 is 53.9 Å². The van der Waals surface area contributed by atoms with Gasteiger partial charge < -0.3 is 35.7 Å². The number of ketones is 2. The predicted octanol–water partition coefficient (Wildman–Crippen LogP) is 2.54. The van der Waals surface area contributed by atoms with Crippen LogP contribution in [0.1, 0.15) is 40.5 Å². The van der Waals surface area contributed by atoms with E-state index >= 15 is 0 Å². The quantitative estimate of drug-likeness (QED) is 0.271. The van der Waals surface area contributed by atoms with Gasteiger partial charge in [0.05, 0.1) is 23.6 Å². The molecule has 0 aromatic heterocycles. The number of Topliss-reactive ketones (excluding diaryl/α,β-unsaturated/α-hetero) is 1. The lowest BCUT2D eigenvalue weighted by Gasteiger charge is -2.30. The summed E-state index contributed by atoms with van der Waals surface area (Å²) in [4.78, 5) is 51.3. The summed E-state index contributed by atoms with van der Waals surface area (Å²) < 4.78 is 16.6. The fraction of sp³-hybridized carbons (Fsp3) is 0.484. The van der Waals surface area contributed by atoms with E-state index in [0.717, 1.165) is 6.08 Å². The second-order valence-electron chi connectivity index (χ2n) is 10.6. The van der Waals surface area contributed by atoms with Crippen LogP contribution in [0, 0.1) is 11.8 Å². The summed E-state index contributed by atoms with van der Waals surface area (Å²) in [6.45, 7) is 10.9. The van der Waals surface area contributed by atoms with Gasteiger partial charge in [-0.2, -0.15) is 0 Å². The molecule has 230 valence electrons. The lowest BCUT2D eigenvalue weighted by atomic mass is 9.85. The van der Waals surface area contributed by atoms with Gasteiger partial charge in [0.15, 0.2) is 6.10 Å². The van der Waals surface area contributed by atoms with Crippen LogP contribution in [0.25, 0.3) is 0 Å². The van der Waals surface area contributed by atoms with Crippen molar-refractivity contribution < 1.29 is 38.5 Å². The van der Waals surface area contributed by atoms with E-state index in [1.165, 1.54) is 20.3 Å². The summed E-state index contributed by atoms with van der Waals surface area (Å²) in [7, 11) is 2.92. The van der Waals surface area contributed by atoms with Gasteiger partial charge >= 0.3 is 6.09 Å². The van der Waals surface area contributed by atoms with Crippen LogP contribution in [0.2, 0.25) is 0 Å². The molecule has 0 saturated heterocycles. The average Bonchev–Trinajstić information content (AvgIpc) is 2.94. The first-order valence-corrected chi connectivity index (χ1v) is 13.8. The minimum Gasteiger partial charge on any atom is -0.439 e. The van der Waals surface area contributed by atoms with E-state index in [0.29, 0.717) is 12.0 Å². The van der Waals surface area contributed by atoms with Crippen LogP contribution in [0.15, 0.2) is 71.1 Å². The fourth-order valence-corrected chi connectivity index (χ4v) is 4.95. The zero-order valence-electron chi connectivity index (χ0n) is 25.1. The molecular formula is C31H43N3O8. The SMILES string of the molecule is C=CCNC1=C2C[C@@H](C)C[C@H](OC)[C@H](O)[C@@H](C)/C=C(\C)[C@H](OC(N)=O)[C@@H](OC)C=CC=C(C)C(=O)NC(=CC1=O)C2=O. The van der Waals surface area contributed by atoms with Crippen LogP contribution in [0.4, 0.5) is 4.79 Å². The molecule has 2 amide bonds. The Balaban J connectivity index is 2.62. The minimum absolute atomic E-state index is 0.132. The van der Waals surface area contributed by atoms with Gasteiger partial charge in [-0.3, -0.25) is 14.4 Å². The highest BCUT2D eigenvalue weighted by Crippen LogP contribution is 2.28. The van der Waals surface area contributed by atoms with Gasteiger partial charge in [-0.05, 0) is 38.2 Å². The van der Waals surface area contributed by atoms with Crippen LogP contribution >= 0.6 is 0 Å². The van der Waals surface area contributed by atoms with Crippen molar-refractivity contribution in [3.05, 3.63) is 71.1 Å². The summed E-state index contributed by atoms with van der Waals surface area (Å²) >= 11 is 0. The normalized spacial score (nSPS) is 29.6. The maximum atomic E-state index is 13.5. The first-order valence-electron chi connectivity index (χ1n) is 13.8. The van der Waals surface area contributed by atoms with Gasteiger partial charge in [0.1, 0.15) is 6.10 Å². The number of rotatable bonds is 6. The van der Waals surface area contributed by atoms with Crippen molar-refractivity contribution in [1.82, 2.24) is 10.6 Å². The van der Waals surface area contributed by atoms with Crippen molar-refractivity contribution in [1.29, 1.82) is 0 Å². The van der Waals surface area contributed by atoms with Crippen molar-refractivity contribution in [2.45, 2.75) is 65.0 Å². The number of allylic oxidation sites excluding steroid dienone is 4. The predicted molar refractivity (Wildman–Crippen MR) is 158 cm³/mol. The molecule has 11 heteroatoms. The number of fused-ring (bicyclic) bond motifs is 2. The van der Waals surface area contributed by atoms with Gasteiger partial charge in [-0.1, -0.05) is 44.2 Å². The highest BCUT2D eigenvalue weighted by atomic mass is 16.6. The first kappa shape index (κ1) is 34.4. The van der Waals surface area contributed by atoms with Crippen molar-refractivity contribution in [2.75, 3.05) is 20.8 Å². The highest BCUT2D eigenvalue weighted by Gasteiger charge is 2.33. The Morgan fingerprint density at radius 1 is 1.21 bits per heavy atom. The van der Waals surface area contributed by atoms with Crippen LogP contribution < -0.4 is 16.4 Å². The van der Waals surface area contributed by atoms with Crippen LogP contribution in [0.3, 0.4) is 0 Å². The van der Waals surface area contributed by atoms with E-state index in [2.05, 4.69) is 17.2 Å². The number of hydrogen-bond donors (Lipinski definition) is 4. The number of carbonyl (C=O) groups excluding carboxylic acids is 4. The second kappa shape index (κ2) is 16.0.